The van der Waals surface area contributed by atoms with Gasteiger partial charge in [0.25, 0.3) is 0 Å². The van der Waals surface area contributed by atoms with E-state index in [-0.39, 0.29) is 0 Å². The van der Waals surface area contributed by atoms with Gasteiger partial charge in [0, 0.05) is 48.0 Å². The second-order valence-electron chi connectivity index (χ2n) is 13.0. The number of thiophene rings is 1. The SMILES string of the molecule is c1ccc(-c2ccc(N(c3ccc(-c4ccccc4)cc3)c3ccc4sc5ccc(-c6ccc7oc8ccccc8c7c6)cc5c4c3)cc2)cc1. The number of hydrogen-bond acceptors (Lipinski definition) is 3. The molecule has 0 bridgehead atoms. The van der Waals surface area contributed by atoms with Crippen LogP contribution in [0.4, 0.5) is 17.1 Å². The van der Waals surface area contributed by atoms with E-state index in [2.05, 4.69) is 181 Å². The molecule has 8 aromatic carbocycles. The van der Waals surface area contributed by atoms with Gasteiger partial charge in [-0.15, -0.1) is 11.3 Å². The van der Waals surface area contributed by atoms with Crippen molar-refractivity contribution < 1.29 is 4.42 Å². The summed E-state index contributed by atoms with van der Waals surface area (Å²) < 4.78 is 8.68. The molecule has 2 heterocycles. The van der Waals surface area contributed by atoms with Gasteiger partial charge in [-0.1, -0.05) is 115 Å². The molecule has 0 aliphatic rings. The van der Waals surface area contributed by atoms with Gasteiger partial charge in [0.15, 0.2) is 0 Å². The first-order valence-electron chi connectivity index (χ1n) is 17.2. The van der Waals surface area contributed by atoms with Crippen LogP contribution in [0, 0.1) is 0 Å². The number of anilines is 3. The van der Waals surface area contributed by atoms with E-state index in [1.807, 2.05) is 23.5 Å². The number of hydrogen-bond donors (Lipinski definition) is 0. The third-order valence-corrected chi connectivity index (χ3v) is 11.0. The molecule has 2 aromatic heterocycles. The molecule has 0 saturated heterocycles. The Morgan fingerprint density at radius 3 is 1.41 bits per heavy atom. The summed E-state index contributed by atoms with van der Waals surface area (Å²) in [6.07, 6.45) is 0. The average Bonchev–Trinajstić information content (AvgIpc) is 3.76. The molecule has 10 aromatic rings. The van der Waals surface area contributed by atoms with E-state index in [0.29, 0.717) is 0 Å². The van der Waals surface area contributed by atoms with Crippen LogP contribution < -0.4 is 4.90 Å². The van der Waals surface area contributed by atoms with Crippen LogP contribution in [-0.4, -0.2) is 0 Å². The Balaban J connectivity index is 1.09. The predicted octanol–water partition coefficient (Wildman–Crippen LogP) is 14.4. The molecule has 0 fully saturated rings. The van der Waals surface area contributed by atoms with Gasteiger partial charge in [-0.2, -0.15) is 0 Å². The molecule has 2 nitrogen and oxygen atoms in total. The van der Waals surface area contributed by atoms with Crippen LogP contribution in [0.3, 0.4) is 0 Å². The van der Waals surface area contributed by atoms with Crippen molar-refractivity contribution in [3.8, 4) is 33.4 Å². The van der Waals surface area contributed by atoms with Crippen LogP contribution in [0.15, 0.2) is 192 Å². The summed E-state index contributed by atoms with van der Waals surface area (Å²) in [4.78, 5) is 2.37. The molecule has 0 aliphatic carbocycles. The van der Waals surface area contributed by atoms with Gasteiger partial charge < -0.3 is 9.32 Å². The summed E-state index contributed by atoms with van der Waals surface area (Å²) in [6.45, 7) is 0. The van der Waals surface area contributed by atoms with Crippen molar-refractivity contribution >= 4 is 70.5 Å². The first-order valence-corrected chi connectivity index (χ1v) is 18.1. The highest BCUT2D eigenvalue weighted by molar-refractivity contribution is 7.25. The van der Waals surface area contributed by atoms with Crippen LogP contribution >= 0.6 is 11.3 Å². The minimum absolute atomic E-state index is 0.917. The van der Waals surface area contributed by atoms with E-state index in [9.17, 15) is 0 Å². The fourth-order valence-electron chi connectivity index (χ4n) is 7.30. The fourth-order valence-corrected chi connectivity index (χ4v) is 8.37. The number of rotatable bonds is 6. The lowest BCUT2D eigenvalue weighted by atomic mass is 10.0. The Morgan fingerprint density at radius 1 is 0.314 bits per heavy atom. The van der Waals surface area contributed by atoms with Crippen molar-refractivity contribution in [2.75, 3.05) is 4.90 Å². The first kappa shape index (κ1) is 29.5. The summed E-state index contributed by atoms with van der Waals surface area (Å²) in [5.74, 6) is 0. The highest BCUT2D eigenvalue weighted by Gasteiger charge is 2.16. The molecule has 0 aliphatic heterocycles. The van der Waals surface area contributed by atoms with Gasteiger partial charge >= 0.3 is 0 Å². The molecule has 240 valence electrons. The fraction of sp³-hybridized carbons (Fsp3) is 0. The van der Waals surface area contributed by atoms with Crippen molar-refractivity contribution in [2.45, 2.75) is 0 Å². The molecule has 0 radical (unpaired) electrons. The first-order chi connectivity index (χ1) is 25.2. The molecule has 3 heteroatoms. The average molecular weight is 670 g/mol. The zero-order valence-electron chi connectivity index (χ0n) is 27.7. The Labute approximate surface area is 300 Å². The minimum Gasteiger partial charge on any atom is -0.456 e. The Bertz CT molecular complexity index is 2750. The lowest BCUT2D eigenvalue weighted by Crippen LogP contribution is -2.09. The van der Waals surface area contributed by atoms with Crippen LogP contribution in [0.2, 0.25) is 0 Å². The summed E-state index contributed by atoms with van der Waals surface area (Å²) in [5.41, 5.74) is 12.4. The molecule has 0 saturated carbocycles. The molecule has 0 unspecified atom stereocenters. The van der Waals surface area contributed by atoms with Gasteiger partial charge in [0.2, 0.25) is 0 Å². The summed E-state index contributed by atoms with van der Waals surface area (Å²) >= 11 is 1.85. The summed E-state index contributed by atoms with van der Waals surface area (Å²) in [6, 6.07) is 67.5. The molecule has 10 rings (SSSR count). The van der Waals surface area contributed by atoms with Crippen LogP contribution in [0.1, 0.15) is 0 Å². The van der Waals surface area contributed by atoms with Crippen molar-refractivity contribution in [1.29, 1.82) is 0 Å². The molecule has 0 atom stereocenters. The Morgan fingerprint density at radius 2 is 0.765 bits per heavy atom. The monoisotopic (exact) mass is 669 g/mol. The molecule has 0 amide bonds. The topological polar surface area (TPSA) is 16.4 Å². The van der Waals surface area contributed by atoms with E-state index in [1.165, 1.54) is 53.6 Å². The second-order valence-corrected chi connectivity index (χ2v) is 14.0. The minimum atomic E-state index is 0.917. The van der Waals surface area contributed by atoms with Gasteiger partial charge in [0.1, 0.15) is 11.2 Å². The number of benzene rings is 8. The van der Waals surface area contributed by atoms with Crippen LogP contribution in [-0.2, 0) is 0 Å². The van der Waals surface area contributed by atoms with E-state index in [4.69, 9.17) is 4.42 Å². The quantitative estimate of drug-likeness (QED) is 0.175. The molecular formula is C48H31NOS. The number of para-hydroxylation sites is 1. The number of nitrogens with zero attached hydrogens (tertiary/aromatic N) is 1. The van der Waals surface area contributed by atoms with E-state index in [0.717, 1.165) is 39.0 Å². The highest BCUT2D eigenvalue weighted by Crippen LogP contribution is 2.43. The zero-order chi connectivity index (χ0) is 33.7. The Kier molecular flexibility index (Phi) is 7.04. The molecular weight excluding hydrogens is 639 g/mol. The maximum absolute atomic E-state index is 6.12. The van der Waals surface area contributed by atoms with Gasteiger partial charge in [0.05, 0.1) is 0 Å². The molecule has 51 heavy (non-hydrogen) atoms. The van der Waals surface area contributed by atoms with Gasteiger partial charge in [-0.25, -0.2) is 0 Å². The predicted molar refractivity (Wildman–Crippen MR) is 218 cm³/mol. The van der Waals surface area contributed by atoms with Gasteiger partial charge in [-0.05, 0) is 106 Å². The van der Waals surface area contributed by atoms with E-state index >= 15 is 0 Å². The van der Waals surface area contributed by atoms with Crippen LogP contribution in [0.5, 0.6) is 0 Å². The van der Waals surface area contributed by atoms with Gasteiger partial charge in [-0.3, -0.25) is 0 Å². The van der Waals surface area contributed by atoms with Crippen molar-refractivity contribution in [2.24, 2.45) is 0 Å². The largest absolute Gasteiger partial charge is 0.456 e. The summed E-state index contributed by atoms with van der Waals surface area (Å²) in [5, 5.41) is 4.82. The lowest BCUT2D eigenvalue weighted by Gasteiger charge is -2.26. The smallest absolute Gasteiger partial charge is 0.135 e. The van der Waals surface area contributed by atoms with Crippen molar-refractivity contribution in [1.82, 2.24) is 0 Å². The molecule has 0 N–H and O–H groups in total. The second kappa shape index (κ2) is 12.2. The standard InChI is InChI=1S/C48H31NOS/c1-3-9-32(10-4-1)34-15-21-38(22-16-34)49(39-23-17-35(18-24-39)33-11-5-2-6-12-33)40-25-28-48-44(31-40)43-30-37(20-27-47(43)51-48)36-19-26-46-42(29-36)41-13-7-8-14-45(41)50-46/h1-31H. The normalized spacial score (nSPS) is 11.5. The van der Waals surface area contributed by atoms with Crippen molar-refractivity contribution in [3.63, 3.8) is 0 Å². The maximum Gasteiger partial charge on any atom is 0.135 e. The number of fused-ring (bicyclic) bond motifs is 6. The molecule has 0 spiro atoms. The zero-order valence-corrected chi connectivity index (χ0v) is 28.5. The third kappa shape index (κ3) is 5.27. The maximum atomic E-state index is 6.12. The lowest BCUT2D eigenvalue weighted by molar-refractivity contribution is 0.669. The summed E-state index contributed by atoms with van der Waals surface area (Å²) in [7, 11) is 0. The Hall–Kier alpha value is -6.42. The van der Waals surface area contributed by atoms with Crippen molar-refractivity contribution in [3.05, 3.63) is 188 Å². The van der Waals surface area contributed by atoms with Crippen LogP contribution in [0.25, 0.3) is 75.5 Å². The van der Waals surface area contributed by atoms with E-state index < -0.39 is 0 Å². The highest BCUT2D eigenvalue weighted by atomic mass is 32.1. The third-order valence-electron chi connectivity index (χ3n) is 9.89. The number of furan rings is 1. The van der Waals surface area contributed by atoms with E-state index in [1.54, 1.807) is 0 Å².